The predicted molar refractivity (Wildman–Crippen MR) is 86.9 cm³/mol. The van der Waals surface area contributed by atoms with Gasteiger partial charge in [0.15, 0.2) is 0 Å². The molecule has 3 atom stereocenters. The topological polar surface area (TPSA) is 59.0 Å². The molecule has 1 aliphatic carbocycles. The maximum atomic E-state index is 11.7. The van der Waals surface area contributed by atoms with Crippen LogP contribution in [0.3, 0.4) is 0 Å². The number of benzene rings is 1. The fraction of sp³-hybridized carbons (Fsp3) is 0.611. The molecule has 5 nitrogen and oxygen atoms in total. The third kappa shape index (κ3) is 3.15. The van der Waals surface area contributed by atoms with Crippen LogP contribution in [0.2, 0.25) is 0 Å². The summed E-state index contributed by atoms with van der Waals surface area (Å²) < 4.78 is 10.7. The van der Waals surface area contributed by atoms with Crippen molar-refractivity contribution in [1.29, 1.82) is 0 Å². The second-order valence-corrected chi connectivity index (χ2v) is 6.55. The third-order valence-electron chi connectivity index (χ3n) is 5.35. The Hall–Kier alpha value is -1.75. The number of fused-ring (bicyclic) bond motifs is 1. The van der Waals surface area contributed by atoms with Gasteiger partial charge in [-0.3, -0.25) is 9.69 Å². The first-order chi connectivity index (χ1) is 11.1. The lowest BCUT2D eigenvalue weighted by atomic mass is 9.84. The molecule has 2 aliphatic rings. The lowest BCUT2D eigenvalue weighted by Gasteiger charge is -2.33. The minimum absolute atomic E-state index is 0.380. The van der Waals surface area contributed by atoms with Crippen molar-refractivity contribution >= 4 is 5.97 Å². The number of ether oxygens (including phenoxy) is 2. The molecule has 0 spiro atoms. The zero-order valence-electron chi connectivity index (χ0n) is 13.8. The highest BCUT2D eigenvalue weighted by Gasteiger charge is 2.45. The number of rotatable bonds is 5. The summed E-state index contributed by atoms with van der Waals surface area (Å²) in [4.78, 5) is 13.9. The Morgan fingerprint density at radius 3 is 2.74 bits per heavy atom. The smallest absolute Gasteiger partial charge is 0.320 e. The number of methoxy groups -OCH3 is 2. The van der Waals surface area contributed by atoms with E-state index in [1.54, 1.807) is 14.2 Å². The molecule has 1 aromatic carbocycles. The largest absolute Gasteiger partial charge is 0.497 e. The highest BCUT2D eigenvalue weighted by Crippen LogP contribution is 2.41. The number of carboxylic acid groups (broad SMARTS) is 1. The summed E-state index contributed by atoms with van der Waals surface area (Å²) in [7, 11) is 3.27. The highest BCUT2D eigenvalue weighted by atomic mass is 16.5. The fourth-order valence-corrected chi connectivity index (χ4v) is 4.20. The van der Waals surface area contributed by atoms with Gasteiger partial charge in [-0.25, -0.2) is 0 Å². The van der Waals surface area contributed by atoms with Gasteiger partial charge in [-0.1, -0.05) is 18.9 Å². The van der Waals surface area contributed by atoms with E-state index in [0.717, 1.165) is 36.3 Å². The Bertz CT molecular complexity index is 574. The molecule has 0 amide bonds. The Morgan fingerprint density at radius 1 is 1.26 bits per heavy atom. The van der Waals surface area contributed by atoms with Gasteiger partial charge in [0, 0.05) is 24.2 Å². The summed E-state index contributed by atoms with van der Waals surface area (Å²) >= 11 is 0. The van der Waals surface area contributed by atoms with Gasteiger partial charge >= 0.3 is 5.97 Å². The monoisotopic (exact) mass is 319 g/mol. The molecule has 1 heterocycles. The number of carboxylic acids is 1. The molecule has 0 aromatic heterocycles. The van der Waals surface area contributed by atoms with Gasteiger partial charge in [0.1, 0.15) is 17.5 Å². The molecule has 0 radical (unpaired) electrons. The summed E-state index contributed by atoms with van der Waals surface area (Å²) in [6.45, 7) is 0.616. The molecule has 5 heteroatoms. The van der Waals surface area contributed by atoms with Crippen molar-refractivity contribution in [1.82, 2.24) is 4.90 Å². The van der Waals surface area contributed by atoms with Crippen LogP contribution in [0.15, 0.2) is 18.2 Å². The van der Waals surface area contributed by atoms with E-state index in [0.29, 0.717) is 18.5 Å². The molecule has 23 heavy (non-hydrogen) atoms. The average molecular weight is 319 g/mol. The van der Waals surface area contributed by atoms with E-state index in [1.165, 1.54) is 12.8 Å². The first-order valence-electron chi connectivity index (χ1n) is 8.33. The first-order valence-corrected chi connectivity index (χ1v) is 8.33. The third-order valence-corrected chi connectivity index (χ3v) is 5.35. The van der Waals surface area contributed by atoms with E-state index in [-0.39, 0.29) is 6.04 Å². The van der Waals surface area contributed by atoms with E-state index >= 15 is 0 Å². The normalized spacial score (nSPS) is 27.5. The summed E-state index contributed by atoms with van der Waals surface area (Å²) in [6.07, 6.45) is 5.47. The van der Waals surface area contributed by atoms with Crippen LogP contribution in [0.25, 0.3) is 0 Å². The van der Waals surface area contributed by atoms with Crippen molar-refractivity contribution < 1.29 is 19.4 Å². The maximum Gasteiger partial charge on any atom is 0.320 e. The molecule has 1 aromatic rings. The molecular weight excluding hydrogens is 294 g/mol. The highest BCUT2D eigenvalue weighted by molar-refractivity contribution is 5.74. The van der Waals surface area contributed by atoms with Crippen LogP contribution in [-0.2, 0) is 11.3 Å². The molecule has 126 valence electrons. The van der Waals surface area contributed by atoms with E-state index in [4.69, 9.17) is 9.47 Å². The van der Waals surface area contributed by atoms with Crippen LogP contribution in [0, 0.1) is 5.92 Å². The predicted octanol–water partition coefficient (Wildman–Crippen LogP) is 2.92. The molecule has 3 unspecified atom stereocenters. The van der Waals surface area contributed by atoms with Gasteiger partial charge in [0.2, 0.25) is 0 Å². The van der Waals surface area contributed by atoms with E-state index < -0.39 is 5.97 Å². The van der Waals surface area contributed by atoms with Gasteiger partial charge in [0.05, 0.1) is 14.2 Å². The number of hydrogen-bond acceptors (Lipinski definition) is 4. The second kappa shape index (κ2) is 6.79. The molecule has 2 fully saturated rings. The first kappa shape index (κ1) is 16.1. The number of likely N-dealkylation sites (tertiary alicyclic amines) is 1. The molecule has 1 aliphatic heterocycles. The van der Waals surface area contributed by atoms with Gasteiger partial charge in [-0.15, -0.1) is 0 Å². The average Bonchev–Trinajstić information content (AvgIpc) is 2.94. The van der Waals surface area contributed by atoms with Crippen LogP contribution < -0.4 is 9.47 Å². The summed E-state index contributed by atoms with van der Waals surface area (Å²) in [6, 6.07) is 5.75. The minimum Gasteiger partial charge on any atom is -0.497 e. The van der Waals surface area contributed by atoms with Crippen molar-refractivity contribution in [3.05, 3.63) is 23.8 Å². The lowest BCUT2D eigenvalue weighted by molar-refractivity contribution is -0.142. The molecule has 3 rings (SSSR count). The number of carbonyl (C=O) groups is 1. The minimum atomic E-state index is -0.702. The van der Waals surface area contributed by atoms with Crippen LogP contribution in [0.1, 0.15) is 37.7 Å². The standard InChI is InChI=1S/C18H25NO4/c1-22-14-8-7-13(17(10-14)23-2)11-19-15-6-4-3-5-12(15)9-16(19)18(20)21/h7-8,10,12,15-16H,3-6,9,11H2,1-2H3,(H,20,21). The van der Waals surface area contributed by atoms with E-state index in [1.807, 2.05) is 18.2 Å². The van der Waals surface area contributed by atoms with E-state index in [9.17, 15) is 9.90 Å². The lowest BCUT2D eigenvalue weighted by Crippen LogP contribution is -2.41. The Labute approximate surface area is 137 Å². The van der Waals surface area contributed by atoms with Gasteiger partial charge in [-0.2, -0.15) is 0 Å². The van der Waals surface area contributed by atoms with Crippen LogP contribution >= 0.6 is 0 Å². The van der Waals surface area contributed by atoms with Gasteiger partial charge < -0.3 is 14.6 Å². The molecule has 1 N–H and O–H groups in total. The Kier molecular flexibility index (Phi) is 4.76. The number of aliphatic carboxylic acids is 1. The second-order valence-electron chi connectivity index (χ2n) is 6.55. The summed E-state index contributed by atoms with van der Waals surface area (Å²) in [5.74, 6) is 1.33. The molecule has 1 saturated carbocycles. The molecule has 1 saturated heterocycles. The van der Waals surface area contributed by atoms with Crippen molar-refractivity contribution in [2.45, 2.75) is 50.7 Å². The van der Waals surface area contributed by atoms with Crippen LogP contribution in [0.5, 0.6) is 11.5 Å². The van der Waals surface area contributed by atoms with Crippen molar-refractivity contribution in [2.24, 2.45) is 5.92 Å². The summed E-state index contributed by atoms with van der Waals surface area (Å²) in [5.41, 5.74) is 1.02. The number of nitrogens with zero attached hydrogens (tertiary/aromatic N) is 1. The van der Waals surface area contributed by atoms with Crippen LogP contribution in [-0.4, -0.2) is 42.3 Å². The molecular formula is C18H25NO4. The van der Waals surface area contributed by atoms with Gasteiger partial charge in [0.25, 0.3) is 0 Å². The zero-order chi connectivity index (χ0) is 16.4. The Balaban J connectivity index is 1.85. The molecule has 0 bridgehead atoms. The summed E-state index contributed by atoms with van der Waals surface area (Å²) in [5, 5.41) is 9.62. The Morgan fingerprint density at radius 2 is 2.04 bits per heavy atom. The quantitative estimate of drug-likeness (QED) is 0.904. The van der Waals surface area contributed by atoms with Crippen molar-refractivity contribution in [2.75, 3.05) is 14.2 Å². The van der Waals surface area contributed by atoms with Gasteiger partial charge in [-0.05, 0) is 31.2 Å². The number of hydrogen-bond donors (Lipinski definition) is 1. The zero-order valence-corrected chi connectivity index (χ0v) is 13.8. The van der Waals surface area contributed by atoms with Crippen LogP contribution in [0.4, 0.5) is 0 Å². The SMILES string of the molecule is COc1ccc(CN2C(C(=O)O)CC3CCCCC32)c(OC)c1. The van der Waals surface area contributed by atoms with E-state index in [2.05, 4.69) is 4.90 Å². The fourth-order valence-electron chi connectivity index (χ4n) is 4.20. The van der Waals surface area contributed by atoms with Crippen molar-refractivity contribution in [3.8, 4) is 11.5 Å². The van der Waals surface area contributed by atoms with Crippen molar-refractivity contribution in [3.63, 3.8) is 0 Å². The maximum absolute atomic E-state index is 11.7.